The molecule has 3 N–H and O–H groups in total. The van der Waals surface area contributed by atoms with Crippen LogP contribution in [0, 0.1) is 12.8 Å². The van der Waals surface area contributed by atoms with E-state index in [1.165, 1.54) is 5.56 Å². The third kappa shape index (κ3) is 3.93. The minimum Gasteiger partial charge on any atom is -0.402 e. The van der Waals surface area contributed by atoms with Crippen molar-refractivity contribution in [2.45, 2.75) is 26.7 Å². The van der Waals surface area contributed by atoms with Crippen molar-refractivity contribution >= 4 is 11.4 Å². The molecule has 0 aromatic heterocycles. The normalized spacial score (nSPS) is 18.6. The largest absolute Gasteiger partial charge is 0.402 e. The summed E-state index contributed by atoms with van der Waals surface area (Å²) in [5.41, 5.74) is 10.1. The van der Waals surface area contributed by atoms with E-state index in [-0.39, 0.29) is 0 Å². The molecule has 3 heteroatoms. The highest BCUT2D eigenvalue weighted by molar-refractivity contribution is 5.99. The molecule has 0 unspecified atom stereocenters. The zero-order valence-electron chi connectivity index (χ0n) is 11.8. The van der Waals surface area contributed by atoms with Gasteiger partial charge in [-0.25, -0.2) is 0 Å². The van der Waals surface area contributed by atoms with Gasteiger partial charge in [-0.05, 0) is 57.5 Å². The van der Waals surface area contributed by atoms with Crippen LogP contribution in [0.4, 0.5) is 5.69 Å². The van der Waals surface area contributed by atoms with Crippen molar-refractivity contribution in [1.82, 2.24) is 5.32 Å². The van der Waals surface area contributed by atoms with E-state index in [2.05, 4.69) is 24.4 Å². The minimum atomic E-state index is 0.513. The maximum absolute atomic E-state index is 5.86. The molecule has 0 bridgehead atoms. The van der Waals surface area contributed by atoms with Crippen LogP contribution >= 0.6 is 0 Å². The van der Waals surface area contributed by atoms with Crippen molar-refractivity contribution in [2.24, 2.45) is 16.6 Å². The Morgan fingerprint density at radius 3 is 2.63 bits per heavy atom. The van der Waals surface area contributed by atoms with Crippen molar-refractivity contribution < 1.29 is 0 Å². The lowest BCUT2D eigenvalue weighted by molar-refractivity contribution is 0.457. The fraction of sp³-hybridized carbons (Fsp3) is 0.438. The number of aliphatic imine (C=N–C) groups is 1. The smallest absolute Gasteiger partial charge is 0.0662 e. The second-order valence-corrected chi connectivity index (χ2v) is 5.24. The highest BCUT2D eigenvalue weighted by Crippen LogP contribution is 2.22. The molecule has 1 saturated heterocycles. The quantitative estimate of drug-likeness (QED) is 0.818. The van der Waals surface area contributed by atoms with Gasteiger partial charge in [0.1, 0.15) is 0 Å². The number of piperidine rings is 1. The van der Waals surface area contributed by atoms with Gasteiger partial charge < -0.3 is 11.1 Å². The van der Waals surface area contributed by atoms with Crippen LogP contribution in [-0.2, 0) is 0 Å². The molecule has 0 atom stereocenters. The van der Waals surface area contributed by atoms with Crippen LogP contribution in [0.3, 0.4) is 0 Å². The molecule has 1 fully saturated rings. The average molecular weight is 257 g/mol. The molecule has 0 amide bonds. The summed E-state index contributed by atoms with van der Waals surface area (Å²) in [5.74, 6) is 0.513. The first-order valence-corrected chi connectivity index (χ1v) is 6.95. The Balaban J connectivity index is 2.31. The Kier molecular flexibility index (Phi) is 4.74. The highest BCUT2D eigenvalue weighted by atomic mass is 14.9. The van der Waals surface area contributed by atoms with E-state index in [0.717, 1.165) is 43.0 Å². The molecule has 102 valence electrons. The van der Waals surface area contributed by atoms with Crippen LogP contribution in [0.5, 0.6) is 0 Å². The number of nitrogens with one attached hydrogen (secondary N) is 1. The number of nitrogens with zero attached hydrogens (tertiary/aromatic N) is 1. The summed E-state index contributed by atoms with van der Waals surface area (Å²) < 4.78 is 0. The summed E-state index contributed by atoms with van der Waals surface area (Å²) >= 11 is 0. The predicted molar refractivity (Wildman–Crippen MR) is 81.8 cm³/mol. The molecule has 1 aliphatic heterocycles. The van der Waals surface area contributed by atoms with Crippen LogP contribution in [-0.4, -0.2) is 18.8 Å². The first-order chi connectivity index (χ1) is 9.16. The van der Waals surface area contributed by atoms with Crippen LogP contribution < -0.4 is 11.1 Å². The molecular formula is C16H23N3. The van der Waals surface area contributed by atoms with E-state index < -0.39 is 0 Å². The lowest BCUT2D eigenvalue weighted by Crippen LogP contribution is -2.31. The van der Waals surface area contributed by atoms with Crippen molar-refractivity contribution in [3.8, 4) is 0 Å². The van der Waals surface area contributed by atoms with E-state index >= 15 is 0 Å². The second-order valence-electron chi connectivity index (χ2n) is 5.24. The summed E-state index contributed by atoms with van der Waals surface area (Å²) in [7, 11) is 0. The van der Waals surface area contributed by atoms with Gasteiger partial charge in [0.15, 0.2) is 0 Å². The number of hydrogen-bond donors (Lipinski definition) is 2. The zero-order valence-corrected chi connectivity index (χ0v) is 11.8. The summed E-state index contributed by atoms with van der Waals surface area (Å²) in [4.78, 5) is 4.85. The topological polar surface area (TPSA) is 50.4 Å². The monoisotopic (exact) mass is 257 g/mol. The van der Waals surface area contributed by atoms with Crippen molar-refractivity contribution in [1.29, 1.82) is 0 Å². The third-order valence-corrected chi connectivity index (χ3v) is 3.50. The summed E-state index contributed by atoms with van der Waals surface area (Å²) in [6, 6.07) is 8.24. The molecule has 0 radical (unpaired) electrons. The molecule has 3 nitrogen and oxygen atoms in total. The number of nitrogens with two attached hydrogens (primary N) is 1. The molecule has 2 rings (SSSR count). The molecule has 1 aromatic carbocycles. The van der Waals surface area contributed by atoms with Crippen LogP contribution in [0.1, 0.15) is 25.3 Å². The number of rotatable bonds is 3. The number of allylic oxidation sites excluding steroid dienone is 2. The third-order valence-electron chi connectivity index (χ3n) is 3.50. The van der Waals surface area contributed by atoms with Crippen molar-refractivity contribution in [2.75, 3.05) is 13.1 Å². The maximum Gasteiger partial charge on any atom is 0.0662 e. The molecule has 0 saturated carbocycles. The van der Waals surface area contributed by atoms with Crippen LogP contribution in [0.2, 0.25) is 0 Å². The Bertz CT molecular complexity index is 479. The van der Waals surface area contributed by atoms with Crippen molar-refractivity contribution in [3.63, 3.8) is 0 Å². The minimum absolute atomic E-state index is 0.513. The summed E-state index contributed by atoms with van der Waals surface area (Å²) in [6.45, 7) is 6.15. The number of para-hydroxylation sites is 1. The SMILES string of the molecule is CC(N)=CC(=Nc1ccccc1C)C1CCNCC1. The number of hydrogen-bond acceptors (Lipinski definition) is 3. The predicted octanol–water partition coefficient (Wildman–Crippen LogP) is 2.93. The van der Waals surface area contributed by atoms with Gasteiger partial charge in [-0.1, -0.05) is 18.2 Å². The van der Waals surface area contributed by atoms with E-state index in [9.17, 15) is 0 Å². The van der Waals surface area contributed by atoms with Gasteiger partial charge in [-0.3, -0.25) is 4.99 Å². The molecule has 0 aliphatic carbocycles. The van der Waals surface area contributed by atoms with E-state index in [1.807, 2.05) is 25.1 Å². The molecule has 1 heterocycles. The second kappa shape index (κ2) is 6.53. The first kappa shape index (κ1) is 13.8. The van der Waals surface area contributed by atoms with Crippen molar-refractivity contribution in [3.05, 3.63) is 41.6 Å². The standard InChI is InChI=1S/C16H23N3/c1-12-5-3-4-6-15(12)19-16(11-13(2)17)14-7-9-18-10-8-14/h3-6,11,14,18H,7-10,17H2,1-2H3. The zero-order chi connectivity index (χ0) is 13.7. The van der Waals surface area contributed by atoms with Gasteiger partial charge in [-0.15, -0.1) is 0 Å². The number of aryl methyl sites for hydroxylation is 1. The Labute approximate surface area is 115 Å². The highest BCUT2D eigenvalue weighted by Gasteiger charge is 2.17. The van der Waals surface area contributed by atoms with Gasteiger partial charge in [0.2, 0.25) is 0 Å². The van der Waals surface area contributed by atoms with Gasteiger partial charge >= 0.3 is 0 Å². The Morgan fingerprint density at radius 1 is 1.32 bits per heavy atom. The summed E-state index contributed by atoms with van der Waals surface area (Å²) in [6.07, 6.45) is 4.30. The molecular weight excluding hydrogens is 234 g/mol. The maximum atomic E-state index is 5.86. The lowest BCUT2D eigenvalue weighted by Gasteiger charge is -2.23. The lowest BCUT2D eigenvalue weighted by atomic mass is 9.92. The fourth-order valence-corrected chi connectivity index (χ4v) is 2.42. The van der Waals surface area contributed by atoms with Gasteiger partial charge in [0.25, 0.3) is 0 Å². The average Bonchev–Trinajstić information content (AvgIpc) is 2.41. The molecule has 0 spiro atoms. The first-order valence-electron chi connectivity index (χ1n) is 6.95. The van der Waals surface area contributed by atoms with Gasteiger partial charge in [0, 0.05) is 17.3 Å². The Hall–Kier alpha value is -1.61. The van der Waals surface area contributed by atoms with Crippen LogP contribution in [0.25, 0.3) is 0 Å². The fourth-order valence-electron chi connectivity index (χ4n) is 2.42. The molecule has 19 heavy (non-hydrogen) atoms. The van der Waals surface area contributed by atoms with E-state index in [1.54, 1.807) is 0 Å². The van der Waals surface area contributed by atoms with Gasteiger partial charge in [-0.2, -0.15) is 0 Å². The molecule has 1 aliphatic rings. The summed E-state index contributed by atoms with van der Waals surface area (Å²) in [5, 5.41) is 3.39. The number of benzene rings is 1. The van der Waals surface area contributed by atoms with E-state index in [4.69, 9.17) is 10.7 Å². The molecule has 1 aromatic rings. The van der Waals surface area contributed by atoms with Gasteiger partial charge in [0.05, 0.1) is 5.69 Å². The van der Waals surface area contributed by atoms with Crippen LogP contribution in [0.15, 0.2) is 41.0 Å². The van der Waals surface area contributed by atoms with E-state index in [0.29, 0.717) is 5.92 Å². The Morgan fingerprint density at radius 2 is 2.00 bits per heavy atom.